The Hall–Kier alpha value is -2.44. The van der Waals surface area contributed by atoms with Crippen molar-refractivity contribution in [3.8, 4) is 0 Å². The van der Waals surface area contributed by atoms with E-state index in [1.54, 1.807) is 18.2 Å². The average Bonchev–Trinajstić information content (AvgIpc) is 2.63. The standard InChI is InChI=1S/C19H14ClF2NO2S/c20-18-7-4-8-19(22)17(18)13-23(15-11-9-14(21)10-12-15)26(24,25)16-5-2-1-3-6-16/h1-12H,13H2. The quantitative estimate of drug-likeness (QED) is 0.610. The van der Waals surface area contributed by atoms with Crippen LogP contribution in [-0.2, 0) is 16.6 Å². The molecular formula is C19H14ClF2NO2S. The van der Waals surface area contributed by atoms with Crippen LogP contribution in [0.3, 0.4) is 0 Å². The molecule has 0 radical (unpaired) electrons. The summed E-state index contributed by atoms with van der Waals surface area (Å²) < 4.78 is 54.7. The molecule has 26 heavy (non-hydrogen) atoms. The summed E-state index contributed by atoms with van der Waals surface area (Å²) >= 11 is 6.06. The van der Waals surface area contributed by atoms with Gasteiger partial charge in [0.15, 0.2) is 0 Å². The van der Waals surface area contributed by atoms with E-state index in [0.717, 1.165) is 16.4 Å². The Morgan fingerprint density at radius 1 is 0.846 bits per heavy atom. The fourth-order valence-corrected chi connectivity index (χ4v) is 4.15. The predicted octanol–water partition coefficient (Wildman–Crippen LogP) is 5.01. The van der Waals surface area contributed by atoms with Crippen LogP contribution in [0.1, 0.15) is 5.56 Å². The summed E-state index contributed by atoms with van der Waals surface area (Å²) in [5.74, 6) is -1.12. The Morgan fingerprint density at radius 2 is 1.50 bits per heavy atom. The van der Waals surface area contributed by atoms with Crippen LogP contribution in [0, 0.1) is 11.6 Å². The fourth-order valence-electron chi connectivity index (χ4n) is 2.47. The van der Waals surface area contributed by atoms with E-state index in [-0.39, 0.29) is 27.7 Å². The van der Waals surface area contributed by atoms with Crippen LogP contribution >= 0.6 is 11.6 Å². The third kappa shape index (κ3) is 3.71. The van der Waals surface area contributed by atoms with Gasteiger partial charge in [-0.25, -0.2) is 17.2 Å². The van der Waals surface area contributed by atoms with Gasteiger partial charge in [-0.15, -0.1) is 0 Å². The molecule has 3 nitrogen and oxygen atoms in total. The molecule has 0 aromatic heterocycles. The van der Waals surface area contributed by atoms with Crippen molar-refractivity contribution in [2.24, 2.45) is 0 Å². The maximum atomic E-state index is 14.2. The number of benzene rings is 3. The summed E-state index contributed by atoms with van der Waals surface area (Å²) in [4.78, 5) is 0.0387. The lowest BCUT2D eigenvalue weighted by atomic mass is 10.2. The Balaban J connectivity index is 2.12. The second-order valence-electron chi connectivity index (χ2n) is 5.50. The molecule has 0 unspecified atom stereocenters. The van der Waals surface area contributed by atoms with Crippen molar-refractivity contribution in [1.29, 1.82) is 0 Å². The Morgan fingerprint density at radius 3 is 2.12 bits per heavy atom. The minimum atomic E-state index is -4.01. The topological polar surface area (TPSA) is 37.4 Å². The maximum Gasteiger partial charge on any atom is 0.264 e. The van der Waals surface area contributed by atoms with E-state index in [2.05, 4.69) is 0 Å². The summed E-state index contributed by atoms with van der Waals surface area (Å²) in [6.45, 7) is -0.325. The molecule has 0 atom stereocenters. The second kappa shape index (κ2) is 7.43. The van der Waals surface area contributed by atoms with Crippen molar-refractivity contribution < 1.29 is 17.2 Å². The van der Waals surface area contributed by atoms with Gasteiger partial charge < -0.3 is 0 Å². The van der Waals surface area contributed by atoms with Crippen LogP contribution in [0.5, 0.6) is 0 Å². The average molecular weight is 394 g/mol. The molecule has 3 rings (SSSR count). The Bertz CT molecular complexity index is 989. The lowest BCUT2D eigenvalue weighted by Gasteiger charge is -2.25. The molecule has 3 aromatic carbocycles. The van der Waals surface area contributed by atoms with E-state index in [1.807, 2.05) is 0 Å². The van der Waals surface area contributed by atoms with Gasteiger partial charge >= 0.3 is 0 Å². The summed E-state index contributed by atoms with van der Waals surface area (Å²) in [6.07, 6.45) is 0. The highest BCUT2D eigenvalue weighted by Crippen LogP contribution is 2.29. The number of nitrogens with zero attached hydrogens (tertiary/aromatic N) is 1. The molecule has 7 heteroatoms. The highest BCUT2D eigenvalue weighted by molar-refractivity contribution is 7.92. The lowest BCUT2D eigenvalue weighted by Crippen LogP contribution is -2.31. The Labute approximate surface area is 155 Å². The molecule has 0 amide bonds. The first-order valence-electron chi connectivity index (χ1n) is 7.66. The normalized spacial score (nSPS) is 11.3. The first-order valence-corrected chi connectivity index (χ1v) is 9.47. The molecule has 3 aromatic rings. The zero-order valence-electron chi connectivity index (χ0n) is 13.4. The highest BCUT2D eigenvalue weighted by Gasteiger charge is 2.26. The first kappa shape index (κ1) is 18.4. The van der Waals surface area contributed by atoms with Crippen LogP contribution in [-0.4, -0.2) is 8.42 Å². The smallest absolute Gasteiger partial charge is 0.262 e. The maximum absolute atomic E-state index is 14.2. The fraction of sp³-hybridized carbons (Fsp3) is 0.0526. The van der Waals surface area contributed by atoms with Gasteiger partial charge in [0.05, 0.1) is 17.1 Å². The van der Waals surface area contributed by atoms with Crippen LogP contribution in [0.4, 0.5) is 14.5 Å². The van der Waals surface area contributed by atoms with Gasteiger partial charge in [-0.1, -0.05) is 35.9 Å². The van der Waals surface area contributed by atoms with E-state index in [4.69, 9.17) is 11.6 Å². The minimum absolute atomic E-state index is 0.0387. The molecule has 0 fully saturated rings. The molecule has 0 bridgehead atoms. The van der Waals surface area contributed by atoms with Crippen molar-refractivity contribution >= 4 is 27.3 Å². The molecule has 0 aliphatic rings. The van der Waals surface area contributed by atoms with Gasteiger partial charge in [0.25, 0.3) is 10.0 Å². The third-order valence-electron chi connectivity index (χ3n) is 3.81. The van der Waals surface area contributed by atoms with Crippen molar-refractivity contribution in [2.75, 3.05) is 4.31 Å². The molecule has 0 saturated heterocycles. The second-order valence-corrected chi connectivity index (χ2v) is 7.77. The minimum Gasteiger partial charge on any atom is -0.262 e. The molecule has 0 aliphatic heterocycles. The van der Waals surface area contributed by atoms with E-state index in [0.29, 0.717) is 0 Å². The molecule has 0 spiro atoms. The summed E-state index contributed by atoms with van der Waals surface area (Å²) in [7, 11) is -4.01. The molecule has 0 heterocycles. The van der Waals surface area contributed by atoms with Crippen LogP contribution < -0.4 is 4.31 Å². The molecule has 134 valence electrons. The molecular weight excluding hydrogens is 380 g/mol. The zero-order valence-corrected chi connectivity index (χ0v) is 15.0. The number of rotatable bonds is 5. The SMILES string of the molecule is O=S(=O)(c1ccccc1)N(Cc1c(F)cccc1Cl)c1ccc(F)cc1. The number of hydrogen-bond donors (Lipinski definition) is 0. The van der Waals surface area contributed by atoms with E-state index in [1.165, 1.54) is 42.5 Å². The van der Waals surface area contributed by atoms with Gasteiger partial charge in [-0.3, -0.25) is 4.31 Å². The zero-order chi connectivity index (χ0) is 18.7. The van der Waals surface area contributed by atoms with E-state index >= 15 is 0 Å². The van der Waals surface area contributed by atoms with E-state index in [9.17, 15) is 17.2 Å². The molecule has 0 aliphatic carbocycles. The number of sulfonamides is 1. The number of hydrogen-bond acceptors (Lipinski definition) is 2. The summed E-state index contributed by atoms with van der Waals surface area (Å²) in [6, 6.07) is 16.8. The number of halogens is 3. The van der Waals surface area contributed by atoms with Crippen molar-refractivity contribution in [3.05, 3.63) is 95.0 Å². The lowest BCUT2D eigenvalue weighted by molar-refractivity contribution is 0.585. The van der Waals surface area contributed by atoms with Crippen LogP contribution in [0.15, 0.2) is 77.7 Å². The molecule has 0 N–H and O–H groups in total. The van der Waals surface area contributed by atoms with Gasteiger partial charge in [0.2, 0.25) is 0 Å². The molecule has 0 saturated carbocycles. The first-order chi connectivity index (χ1) is 12.4. The van der Waals surface area contributed by atoms with Gasteiger partial charge in [0.1, 0.15) is 11.6 Å². The van der Waals surface area contributed by atoms with Gasteiger partial charge in [0, 0.05) is 10.6 Å². The predicted molar refractivity (Wildman–Crippen MR) is 97.6 cm³/mol. The summed E-state index contributed by atoms with van der Waals surface area (Å²) in [5.41, 5.74) is 0.243. The largest absolute Gasteiger partial charge is 0.264 e. The third-order valence-corrected chi connectivity index (χ3v) is 5.95. The van der Waals surface area contributed by atoms with Crippen molar-refractivity contribution in [2.45, 2.75) is 11.4 Å². The summed E-state index contributed by atoms with van der Waals surface area (Å²) in [5, 5.41) is 0.111. The number of anilines is 1. The van der Waals surface area contributed by atoms with Gasteiger partial charge in [-0.05, 0) is 48.5 Å². The van der Waals surface area contributed by atoms with Crippen LogP contribution in [0.25, 0.3) is 0 Å². The van der Waals surface area contributed by atoms with Gasteiger partial charge in [-0.2, -0.15) is 0 Å². The Kier molecular flexibility index (Phi) is 5.25. The van der Waals surface area contributed by atoms with E-state index < -0.39 is 21.7 Å². The highest BCUT2D eigenvalue weighted by atomic mass is 35.5. The van der Waals surface area contributed by atoms with Crippen molar-refractivity contribution in [1.82, 2.24) is 0 Å². The van der Waals surface area contributed by atoms with Crippen LogP contribution in [0.2, 0.25) is 5.02 Å². The monoisotopic (exact) mass is 393 g/mol. The van der Waals surface area contributed by atoms with Crippen molar-refractivity contribution in [3.63, 3.8) is 0 Å².